The Morgan fingerprint density at radius 2 is 2.00 bits per heavy atom. The Bertz CT molecular complexity index is 493. The molecular weight excluding hydrogens is 196 g/mol. The van der Waals surface area contributed by atoms with Crippen LogP contribution in [-0.4, -0.2) is 6.17 Å². The molecule has 3 rings (SSSR count). The summed E-state index contributed by atoms with van der Waals surface area (Å²) in [6.07, 6.45) is 0.285. The number of hydrogen-bond acceptors (Lipinski definition) is 2. The Labute approximate surface area is 95.5 Å². The molecule has 2 aromatic rings. The van der Waals surface area contributed by atoms with Gasteiger partial charge in [-0.05, 0) is 37.3 Å². The van der Waals surface area contributed by atoms with Crippen molar-refractivity contribution < 1.29 is 0 Å². The summed E-state index contributed by atoms with van der Waals surface area (Å²) >= 11 is 0. The second-order valence-corrected chi connectivity index (χ2v) is 3.97. The van der Waals surface area contributed by atoms with Crippen molar-refractivity contribution in [2.24, 2.45) is 0 Å². The summed E-state index contributed by atoms with van der Waals surface area (Å²) in [4.78, 5) is 2.29. The average molecular weight is 209 g/mol. The molecule has 1 radical (unpaired) electrons. The van der Waals surface area contributed by atoms with E-state index in [4.69, 9.17) is 0 Å². The minimum Gasteiger partial charge on any atom is -0.363 e. The maximum absolute atomic E-state index is 3.44. The van der Waals surface area contributed by atoms with Gasteiger partial charge in [0.05, 0.1) is 11.4 Å². The summed E-state index contributed by atoms with van der Waals surface area (Å²) in [6, 6.07) is 19.6. The predicted octanol–water partition coefficient (Wildman–Crippen LogP) is 3.40. The fourth-order valence-electron chi connectivity index (χ4n) is 2.20. The van der Waals surface area contributed by atoms with E-state index < -0.39 is 0 Å². The van der Waals surface area contributed by atoms with Gasteiger partial charge in [-0.15, -0.1) is 0 Å². The van der Waals surface area contributed by atoms with Gasteiger partial charge in [0.25, 0.3) is 0 Å². The third-order valence-corrected chi connectivity index (χ3v) is 2.89. The summed E-state index contributed by atoms with van der Waals surface area (Å²) in [5.41, 5.74) is 3.59. The van der Waals surface area contributed by atoms with E-state index in [9.17, 15) is 0 Å². The largest absolute Gasteiger partial charge is 0.363 e. The molecule has 0 aliphatic carbocycles. The monoisotopic (exact) mass is 209 g/mol. The molecule has 1 N–H and O–H groups in total. The molecule has 2 heteroatoms. The standard InChI is InChI=1S/C14H13N2/c1-11-15-13-9-5-6-10-14(13)16(11)12-7-3-2-4-8-12/h2-4,6-11,15H,1H3. The summed E-state index contributed by atoms with van der Waals surface area (Å²) in [7, 11) is 0. The zero-order valence-corrected chi connectivity index (χ0v) is 9.14. The van der Waals surface area contributed by atoms with Crippen LogP contribution in [0.25, 0.3) is 0 Å². The SMILES string of the molecule is CC1Nc2c[c]ccc2N1c1ccccc1. The van der Waals surface area contributed by atoms with Crippen molar-refractivity contribution >= 4 is 17.1 Å². The van der Waals surface area contributed by atoms with E-state index >= 15 is 0 Å². The topological polar surface area (TPSA) is 15.3 Å². The Morgan fingerprint density at radius 3 is 2.81 bits per heavy atom. The van der Waals surface area contributed by atoms with Crippen LogP contribution in [0.1, 0.15) is 6.92 Å². The van der Waals surface area contributed by atoms with Crippen molar-refractivity contribution in [3.8, 4) is 0 Å². The second kappa shape index (κ2) is 3.56. The Morgan fingerprint density at radius 1 is 1.19 bits per heavy atom. The van der Waals surface area contributed by atoms with Gasteiger partial charge in [-0.25, -0.2) is 0 Å². The van der Waals surface area contributed by atoms with Gasteiger partial charge >= 0.3 is 0 Å². The zero-order chi connectivity index (χ0) is 11.0. The highest BCUT2D eigenvalue weighted by atomic mass is 15.3. The van der Waals surface area contributed by atoms with Crippen LogP contribution < -0.4 is 10.2 Å². The number of anilines is 3. The highest BCUT2D eigenvalue weighted by Crippen LogP contribution is 2.39. The molecule has 1 aliphatic heterocycles. The van der Waals surface area contributed by atoms with Crippen LogP contribution in [0, 0.1) is 6.07 Å². The molecule has 79 valence electrons. The molecule has 0 bridgehead atoms. The van der Waals surface area contributed by atoms with Gasteiger partial charge in [0.15, 0.2) is 0 Å². The minimum absolute atomic E-state index is 0.285. The molecular formula is C14H13N2. The molecule has 2 aromatic carbocycles. The summed E-state index contributed by atoms with van der Waals surface area (Å²) in [5.74, 6) is 0. The molecule has 0 amide bonds. The van der Waals surface area contributed by atoms with Gasteiger partial charge < -0.3 is 10.2 Å². The highest BCUT2D eigenvalue weighted by molar-refractivity contribution is 5.82. The van der Waals surface area contributed by atoms with Gasteiger partial charge in [0.2, 0.25) is 0 Å². The van der Waals surface area contributed by atoms with Gasteiger partial charge in [0.1, 0.15) is 6.17 Å². The quantitative estimate of drug-likeness (QED) is 0.774. The molecule has 1 unspecified atom stereocenters. The van der Waals surface area contributed by atoms with Crippen molar-refractivity contribution in [1.82, 2.24) is 0 Å². The predicted molar refractivity (Wildman–Crippen MR) is 66.9 cm³/mol. The lowest BCUT2D eigenvalue weighted by atomic mass is 10.2. The van der Waals surface area contributed by atoms with E-state index in [2.05, 4.69) is 53.5 Å². The van der Waals surface area contributed by atoms with Gasteiger partial charge in [0, 0.05) is 5.69 Å². The second-order valence-electron chi connectivity index (χ2n) is 3.97. The fourth-order valence-corrected chi connectivity index (χ4v) is 2.20. The maximum atomic E-state index is 3.44. The first-order valence-corrected chi connectivity index (χ1v) is 5.47. The fraction of sp³-hybridized carbons (Fsp3) is 0.143. The van der Waals surface area contributed by atoms with Gasteiger partial charge in [-0.1, -0.05) is 24.3 Å². The molecule has 2 nitrogen and oxygen atoms in total. The molecule has 16 heavy (non-hydrogen) atoms. The van der Waals surface area contributed by atoms with Gasteiger partial charge in [-0.2, -0.15) is 0 Å². The lowest BCUT2D eigenvalue weighted by Gasteiger charge is -2.23. The van der Waals surface area contributed by atoms with Crippen molar-refractivity contribution in [2.45, 2.75) is 13.1 Å². The Balaban J connectivity index is 2.09. The molecule has 1 atom stereocenters. The number of rotatable bonds is 1. The minimum atomic E-state index is 0.285. The Hall–Kier alpha value is -1.96. The van der Waals surface area contributed by atoms with Crippen molar-refractivity contribution in [3.05, 3.63) is 54.6 Å². The lowest BCUT2D eigenvalue weighted by Crippen LogP contribution is -2.28. The van der Waals surface area contributed by atoms with E-state index in [0.717, 1.165) is 5.69 Å². The normalized spacial score (nSPS) is 18.1. The van der Waals surface area contributed by atoms with E-state index in [-0.39, 0.29) is 6.17 Å². The number of nitrogens with one attached hydrogen (secondary N) is 1. The number of fused-ring (bicyclic) bond motifs is 1. The lowest BCUT2D eigenvalue weighted by molar-refractivity contribution is 0.843. The first-order chi connectivity index (χ1) is 7.86. The third kappa shape index (κ3) is 1.34. The van der Waals surface area contributed by atoms with Crippen LogP contribution in [0.15, 0.2) is 48.5 Å². The Kier molecular flexibility index (Phi) is 2.07. The van der Waals surface area contributed by atoms with Crippen LogP contribution in [0.5, 0.6) is 0 Å². The zero-order valence-electron chi connectivity index (χ0n) is 9.14. The number of benzene rings is 2. The van der Waals surface area contributed by atoms with E-state index in [1.807, 2.05) is 18.2 Å². The van der Waals surface area contributed by atoms with Crippen LogP contribution in [-0.2, 0) is 0 Å². The van der Waals surface area contributed by atoms with Crippen molar-refractivity contribution in [2.75, 3.05) is 10.2 Å². The summed E-state index contributed by atoms with van der Waals surface area (Å²) in [5, 5.41) is 3.44. The van der Waals surface area contributed by atoms with E-state index in [1.165, 1.54) is 11.4 Å². The van der Waals surface area contributed by atoms with Crippen LogP contribution in [0.3, 0.4) is 0 Å². The molecule has 0 spiro atoms. The molecule has 0 fully saturated rings. The number of para-hydroxylation sites is 1. The first kappa shape index (κ1) is 9.28. The van der Waals surface area contributed by atoms with Crippen LogP contribution in [0.2, 0.25) is 0 Å². The highest BCUT2D eigenvalue weighted by Gasteiger charge is 2.25. The maximum Gasteiger partial charge on any atom is 0.101 e. The smallest absolute Gasteiger partial charge is 0.101 e. The van der Waals surface area contributed by atoms with E-state index in [1.54, 1.807) is 0 Å². The number of hydrogen-bond donors (Lipinski definition) is 1. The third-order valence-electron chi connectivity index (χ3n) is 2.89. The molecule has 1 aliphatic rings. The summed E-state index contributed by atoms with van der Waals surface area (Å²) in [6.45, 7) is 2.16. The average Bonchev–Trinajstić information content (AvgIpc) is 2.66. The van der Waals surface area contributed by atoms with Crippen molar-refractivity contribution in [3.63, 3.8) is 0 Å². The van der Waals surface area contributed by atoms with E-state index in [0.29, 0.717) is 0 Å². The molecule has 0 aromatic heterocycles. The molecule has 0 saturated carbocycles. The van der Waals surface area contributed by atoms with Crippen LogP contribution >= 0.6 is 0 Å². The van der Waals surface area contributed by atoms with Crippen molar-refractivity contribution in [1.29, 1.82) is 0 Å². The van der Waals surface area contributed by atoms with Crippen LogP contribution in [0.4, 0.5) is 17.1 Å². The molecule has 0 saturated heterocycles. The molecule has 1 heterocycles. The summed E-state index contributed by atoms with van der Waals surface area (Å²) < 4.78 is 0. The first-order valence-electron chi connectivity index (χ1n) is 5.47. The number of nitrogens with zero attached hydrogens (tertiary/aromatic N) is 1. The van der Waals surface area contributed by atoms with Gasteiger partial charge in [-0.3, -0.25) is 0 Å².